The summed E-state index contributed by atoms with van der Waals surface area (Å²) in [5.74, 6) is 0. The van der Waals surface area contributed by atoms with E-state index in [9.17, 15) is 10.2 Å². The summed E-state index contributed by atoms with van der Waals surface area (Å²) in [4.78, 5) is 0. The molecular weight excluding hydrogens is 257 g/mol. The van der Waals surface area contributed by atoms with Crippen molar-refractivity contribution >= 4 is 36.2 Å². The Bertz CT molecular complexity index is 204. The van der Waals surface area contributed by atoms with Crippen molar-refractivity contribution in [2.24, 2.45) is 0 Å². The van der Waals surface area contributed by atoms with Crippen LogP contribution in [0.2, 0.25) is 0 Å². The minimum atomic E-state index is -0.762. The maximum atomic E-state index is 9.45. The molecule has 2 aliphatic rings. The average molecular weight is 264 g/mol. The van der Waals surface area contributed by atoms with Gasteiger partial charge in [-0.25, -0.2) is 0 Å². The summed E-state index contributed by atoms with van der Waals surface area (Å²) in [7, 11) is 0. The SMILES string of the molecule is OC1[C@H](O)[C@@H](CI)OC12B=B2. The molecule has 0 aromatic carbocycles. The van der Waals surface area contributed by atoms with Crippen molar-refractivity contribution in [2.75, 3.05) is 4.43 Å². The number of rotatable bonds is 1. The molecule has 3 nitrogen and oxygen atoms in total. The van der Waals surface area contributed by atoms with Gasteiger partial charge in [-0.2, -0.15) is 0 Å². The van der Waals surface area contributed by atoms with Crippen LogP contribution in [0.4, 0.5) is 0 Å². The monoisotopic (exact) mass is 264 g/mol. The molecule has 6 heteroatoms. The number of aliphatic hydroxyl groups excluding tert-OH is 2. The molecule has 0 aromatic rings. The Morgan fingerprint density at radius 1 is 1.45 bits per heavy atom. The first-order valence-corrected chi connectivity index (χ1v) is 5.02. The first-order chi connectivity index (χ1) is 5.19. The summed E-state index contributed by atoms with van der Waals surface area (Å²) in [5, 5.41) is 18.3. The van der Waals surface area contributed by atoms with E-state index in [0.717, 1.165) is 0 Å². The zero-order chi connectivity index (χ0) is 8.06. The maximum absolute atomic E-state index is 9.45. The Balaban J connectivity index is 2.11. The standard InChI is InChI=1S/C5H7B2IO3/c8-1-2-3(9)4(10)5(11-2)6-7-5/h2-4,9-10H,1H2/t2-,3-,4?/m1/s1. The van der Waals surface area contributed by atoms with E-state index in [1.807, 2.05) is 0 Å². The second-order valence-electron chi connectivity index (χ2n) is 2.93. The van der Waals surface area contributed by atoms with Crippen LogP contribution >= 0.6 is 22.6 Å². The molecule has 0 radical (unpaired) electrons. The Kier molecular flexibility index (Phi) is 1.98. The van der Waals surface area contributed by atoms with Gasteiger partial charge in [0.15, 0.2) is 0 Å². The fraction of sp³-hybridized carbons (Fsp3) is 1.00. The molecule has 1 fully saturated rings. The van der Waals surface area contributed by atoms with Gasteiger partial charge in [-0.15, -0.1) is 0 Å². The summed E-state index contributed by atoms with van der Waals surface area (Å²) >= 11 is 2.14. The first kappa shape index (κ1) is 8.34. The van der Waals surface area contributed by atoms with E-state index in [1.165, 1.54) is 0 Å². The third-order valence-corrected chi connectivity index (χ3v) is 3.04. The normalized spacial score (nSPS) is 43.7. The predicted molar refractivity (Wildman–Crippen MR) is 50.0 cm³/mol. The molecule has 0 bridgehead atoms. The van der Waals surface area contributed by atoms with Gasteiger partial charge >= 0.3 is 79.3 Å². The summed E-state index contributed by atoms with van der Waals surface area (Å²) in [6.45, 7) is 3.57. The van der Waals surface area contributed by atoms with Gasteiger partial charge in [0.2, 0.25) is 0 Å². The molecule has 58 valence electrons. The van der Waals surface area contributed by atoms with Crippen LogP contribution in [0.15, 0.2) is 0 Å². The Hall–Kier alpha value is 0.740. The molecule has 0 aliphatic carbocycles. The zero-order valence-corrected chi connectivity index (χ0v) is 7.93. The van der Waals surface area contributed by atoms with Crippen LogP contribution < -0.4 is 0 Å². The van der Waals surface area contributed by atoms with E-state index >= 15 is 0 Å². The topological polar surface area (TPSA) is 49.7 Å². The van der Waals surface area contributed by atoms with E-state index in [4.69, 9.17) is 4.74 Å². The first-order valence-electron chi connectivity index (χ1n) is 3.50. The molecule has 3 atom stereocenters. The Morgan fingerprint density at radius 3 is 2.36 bits per heavy atom. The molecule has 0 saturated carbocycles. The van der Waals surface area contributed by atoms with E-state index < -0.39 is 17.6 Å². The van der Waals surface area contributed by atoms with Crippen molar-refractivity contribution in [3.05, 3.63) is 0 Å². The number of halogens is 1. The number of alkyl halides is 1. The molecule has 2 rings (SSSR count). The molecular formula is C5H7B2IO3. The number of hydrogen-bond acceptors (Lipinski definition) is 3. The molecule has 0 amide bonds. The summed E-state index contributed by atoms with van der Waals surface area (Å²) in [6.07, 6.45) is -1.72. The van der Waals surface area contributed by atoms with Crippen LogP contribution in [0, 0.1) is 0 Å². The van der Waals surface area contributed by atoms with Crippen LogP contribution in [-0.4, -0.2) is 52.0 Å². The number of ether oxygens (including phenoxy) is 1. The average Bonchev–Trinajstić information content (AvgIpc) is 2.74. The third-order valence-electron chi connectivity index (χ3n) is 2.17. The summed E-state index contributed by atoms with van der Waals surface area (Å²) < 4.78 is 6.12. The molecule has 2 heterocycles. The van der Waals surface area contributed by atoms with Crippen molar-refractivity contribution in [2.45, 2.75) is 23.7 Å². The quantitative estimate of drug-likeness (QED) is 0.345. The minimum absolute atomic E-state index is 0.222. The molecule has 1 spiro atoms. The van der Waals surface area contributed by atoms with Gasteiger partial charge < -0.3 is 0 Å². The van der Waals surface area contributed by atoms with Crippen LogP contribution in [-0.2, 0) is 4.74 Å². The number of aliphatic hydroxyl groups is 2. The van der Waals surface area contributed by atoms with E-state index in [2.05, 4.69) is 22.6 Å². The molecule has 2 aliphatic heterocycles. The van der Waals surface area contributed by atoms with Gasteiger partial charge in [0.25, 0.3) is 0 Å². The third kappa shape index (κ3) is 1.15. The molecule has 1 saturated heterocycles. The summed E-state index contributed by atoms with van der Waals surface area (Å²) in [6, 6.07) is 0. The Labute approximate surface area is 79.4 Å². The number of hydrogen-bond donors (Lipinski definition) is 2. The van der Waals surface area contributed by atoms with Gasteiger partial charge in [0.05, 0.1) is 0 Å². The van der Waals surface area contributed by atoms with Crippen molar-refractivity contribution < 1.29 is 14.9 Å². The van der Waals surface area contributed by atoms with Gasteiger partial charge in [0, 0.05) is 0 Å². The molecule has 11 heavy (non-hydrogen) atoms. The van der Waals surface area contributed by atoms with Crippen molar-refractivity contribution in [1.29, 1.82) is 0 Å². The summed E-state index contributed by atoms with van der Waals surface area (Å²) in [5.41, 5.74) is 0. The second-order valence-corrected chi connectivity index (χ2v) is 3.81. The molecule has 2 N–H and O–H groups in total. The Morgan fingerprint density at radius 2 is 2.09 bits per heavy atom. The second kappa shape index (κ2) is 2.61. The van der Waals surface area contributed by atoms with Crippen LogP contribution in [0.5, 0.6) is 0 Å². The van der Waals surface area contributed by atoms with E-state index in [-0.39, 0.29) is 6.10 Å². The van der Waals surface area contributed by atoms with E-state index in [1.54, 1.807) is 13.6 Å². The predicted octanol–water partition coefficient (Wildman–Crippen LogP) is -1.47. The van der Waals surface area contributed by atoms with Gasteiger partial charge in [-0.3, -0.25) is 0 Å². The fourth-order valence-electron chi connectivity index (χ4n) is 1.35. The van der Waals surface area contributed by atoms with Gasteiger partial charge in [-0.1, -0.05) is 0 Å². The van der Waals surface area contributed by atoms with Gasteiger partial charge in [0.1, 0.15) is 0 Å². The zero-order valence-electron chi connectivity index (χ0n) is 5.77. The van der Waals surface area contributed by atoms with Crippen molar-refractivity contribution in [3.8, 4) is 0 Å². The molecule has 1 unspecified atom stereocenters. The molecule has 0 aromatic heterocycles. The van der Waals surface area contributed by atoms with Crippen molar-refractivity contribution in [3.63, 3.8) is 0 Å². The van der Waals surface area contributed by atoms with Crippen LogP contribution in [0.1, 0.15) is 0 Å². The van der Waals surface area contributed by atoms with E-state index in [0.29, 0.717) is 4.43 Å². The van der Waals surface area contributed by atoms with Gasteiger partial charge in [-0.05, 0) is 0 Å². The van der Waals surface area contributed by atoms with Crippen molar-refractivity contribution in [1.82, 2.24) is 0 Å². The van der Waals surface area contributed by atoms with Crippen LogP contribution in [0.3, 0.4) is 0 Å². The fourth-order valence-corrected chi connectivity index (χ4v) is 2.05. The van der Waals surface area contributed by atoms with Crippen LogP contribution in [0.25, 0.3) is 0 Å².